The number of carbonyl (C=O) groups excluding carboxylic acids is 1. The zero-order valence-electron chi connectivity index (χ0n) is 22.1. The van der Waals surface area contributed by atoms with E-state index in [1.165, 1.54) is 16.8 Å². The molecule has 2 aliphatic heterocycles. The van der Waals surface area contributed by atoms with E-state index in [1.54, 1.807) is 24.3 Å². The molecular formula is C29H33F3N6O2. The number of nitrogens with two attached hydrogens (primary N) is 1. The molecule has 212 valence electrons. The van der Waals surface area contributed by atoms with Gasteiger partial charge < -0.3 is 30.6 Å². The number of pyridine rings is 1. The number of hydrogen-bond donors (Lipinski definition) is 3. The number of nitrogens with zero attached hydrogens (tertiary/aromatic N) is 3. The van der Waals surface area contributed by atoms with Gasteiger partial charge in [-0.05, 0) is 61.9 Å². The predicted molar refractivity (Wildman–Crippen MR) is 148 cm³/mol. The van der Waals surface area contributed by atoms with Gasteiger partial charge in [0.15, 0.2) is 0 Å². The topological polar surface area (TPSA) is 97.4 Å². The minimum atomic E-state index is -4.39. The molecule has 0 atom stereocenters. The van der Waals surface area contributed by atoms with Crippen LogP contribution >= 0.6 is 0 Å². The fraction of sp³-hybridized carbons (Fsp3) is 0.448. The second kappa shape index (κ2) is 12.2. The van der Waals surface area contributed by atoms with Gasteiger partial charge >= 0.3 is 6.18 Å². The van der Waals surface area contributed by atoms with Crippen LogP contribution in [0.3, 0.4) is 0 Å². The Balaban J connectivity index is 1.30. The van der Waals surface area contributed by atoms with E-state index in [4.69, 9.17) is 10.5 Å². The highest BCUT2D eigenvalue weighted by atomic mass is 19.4. The van der Waals surface area contributed by atoms with E-state index >= 15 is 0 Å². The number of benzene rings is 1. The number of alkyl halides is 3. The Bertz CT molecular complexity index is 1380. The van der Waals surface area contributed by atoms with Crippen molar-refractivity contribution in [2.75, 3.05) is 43.5 Å². The Labute approximate surface area is 231 Å². The summed E-state index contributed by atoms with van der Waals surface area (Å²) in [6.07, 6.45) is 1.16. The summed E-state index contributed by atoms with van der Waals surface area (Å²) in [4.78, 5) is 17.7. The van der Waals surface area contributed by atoms with Crippen LogP contribution in [0, 0.1) is 11.8 Å². The summed E-state index contributed by atoms with van der Waals surface area (Å²) < 4.78 is 47.3. The number of fused-ring (bicyclic) bond motifs is 1. The quantitative estimate of drug-likeness (QED) is 0.379. The number of nitrogens with one attached hydrogen (secondary N) is 2. The zero-order chi connectivity index (χ0) is 28.1. The number of halogens is 3. The lowest BCUT2D eigenvalue weighted by molar-refractivity contribution is -0.140. The first-order valence-corrected chi connectivity index (χ1v) is 13.5. The number of primary amides is 1. The summed E-state index contributed by atoms with van der Waals surface area (Å²) in [7, 11) is 0. The highest BCUT2D eigenvalue weighted by molar-refractivity contribution is 5.94. The van der Waals surface area contributed by atoms with Crippen molar-refractivity contribution in [3.05, 3.63) is 54.0 Å². The molecule has 40 heavy (non-hydrogen) atoms. The zero-order valence-corrected chi connectivity index (χ0v) is 22.1. The van der Waals surface area contributed by atoms with Crippen molar-refractivity contribution >= 4 is 28.2 Å². The van der Waals surface area contributed by atoms with Gasteiger partial charge in [-0.25, -0.2) is 4.98 Å². The number of ether oxygens (including phenoxy) is 1. The average molecular weight is 555 g/mol. The standard InChI is InChI=1S/C29H33F3N6O2/c30-29(31,32)19-38-23(3-2-12-34-21-6-7-26(28(33)39)35-18-21)17-24-25(4-1-5-27(24)38)36-20-8-13-37(14-9-20)22-10-15-40-16-11-22/h1,4-7,17-18,20,22,34,36H,8-16,19H2,(H2,33,39). The molecule has 8 nitrogen and oxygen atoms in total. The van der Waals surface area contributed by atoms with Gasteiger partial charge in [-0.3, -0.25) is 4.79 Å². The number of aromatic nitrogens is 2. The molecule has 0 saturated carbocycles. The molecule has 11 heteroatoms. The van der Waals surface area contributed by atoms with Crippen LogP contribution in [0.2, 0.25) is 0 Å². The summed E-state index contributed by atoms with van der Waals surface area (Å²) in [5.41, 5.74) is 7.56. The van der Waals surface area contributed by atoms with Crippen molar-refractivity contribution in [3.8, 4) is 11.8 Å². The molecular weight excluding hydrogens is 521 g/mol. The van der Waals surface area contributed by atoms with Crippen LogP contribution in [-0.4, -0.2) is 71.5 Å². The summed E-state index contributed by atoms with van der Waals surface area (Å²) in [5.74, 6) is 5.19. The maximum Gasteiger partial charge on any atom is 0.406 e. The van der Waals surface area contributed by atoms with Crippen LogP contribution in [0.1, 0.15) is 41.9 Å². The third kappa shape index (κ3) is 6.87. The van der Waals surface area contributed by atoms with E-state index in [-0.39, 0.29) is 18.3 Å². The van der Waals surface area contributed by atoms with E-state index in [0.29, 0.717) is 22.9 Å². The van der Waals surface area contributed by atoms with Gasteiger partial charge in [0.1, 0.15) is 12.2 Å². The van der Waals surface area contributed by atoms with Gasteiger partial charge in [0.05, 0.1) is 29.6 Å². The number of likely N-dealkylation sites (tertiary alicyclic amines) is 1. The Morgan fingerprint density at radius 3 is 2.58 bits per heavy atom. The number of amides is 1. The number of carbonyl (C=O) groups is 1. The monoisotopic (exact) mass is 554 g/mol. The number of piperidine rings is 1. The van der Waals surface area contributed by atoms with Gasteiger partial charge in [-0.15, -0.1) is 0 Å². The predicted octanol–water partition coefficient (Wildman–Crippen LogP) is 4.22. The van der Waals surface area contributed by atoms with Crippen LogP contribution in [-0.2, 0) is 11.3 Å². The van der Waals surface area contributed by atoms with Crippen LogP contribution in [0.15, 0.2) is 42.6 Å². The number of hydrogen-bond acceptors (Lipinski definition) is 6. The Morgan fingerprint density at radius 2 is 1.90 bits per heavy atom. The van der Waals surface area contributed by atoms with Crippen molar-refractivity contribution in [2.24, 2.45) is 5.73 Å². The molecule has 2 fully saturated rings. The first-order chi connectivity index (χ1) is 19.3. The molecule has 0 radical (unpaired) electrons. The molecule has 0 unspecified atom stereocenters. The fourth-order valence-corrected chi connectivity index (χ4v) is 5.47. The summed E-state index contributed by atoms with van der Waals surface area (Å²) in [6.45, 7) is 2.70. The number of rotatable bonds is 7. The SMILES string of the molecule is NC(=O)c1ccc(NCC#Cc2cc3c(NC4CCN(C5CCOCC5)CC4)cccc3n2CC(F)(F)F)cn1. The highest BCUT2D eigenvalue weighted by Gasteiger charge is 2.30. The van der Waals surface area contributed by atoms with Crippen LogP contribution in [0.4, 0.5) is 24.5 Å². The second-order valence-electron chi connectivity index (χ2n) is 10.2. The van der Waals surface area contributed by atoms with Crippen molar-refractivity contribution < 1.29 is 22.7 Å². The van der Waals surface area contributed by atoms with E-state index in [2.05, 4.69) is 32.4 Å². The van der Waals surface area contributed by atoms with Gasteiger partial charge in [-0.2, -0.15) is 13.2 Å². The summed E-state index contributed by atoms with van der Waals surface area (Å²) >= 11 is 0. The summed E-state index contributed by atoms with van der Waals surface area (Å²) in [6, 6.07) is 11.1. The molecule has 1 aromatic carbocycles. The van der Waals surface area contributed by atoms with Crippen LogP contribution in [0.5, 0.6) is 0 Å². The molecule has 0 bridgehead atoms. The van der Waals surface area contributed by atoms with Crippen molar-refractivity contribution in [2.45, 2.75) is 50.5 Å². The smallest absolute Gasteiger partial charge is 0.382 e. The molecule has 2 saturated heterocycles. The number of anilines is 2. The minimum Gasteiger partial charge on any atom is -0.382 e. The van der Waals surface area contributed by atoms with Gasteiger partial charge in [0, 0.05) is 49.5 Å². The van der Waals surface area contributed by atoms with Crippen LogP contribution < -0.4 is 16.4 Å². The van der Waals surface area contributed by atoms with E-state index in [1.807, 2.05) is 6.07 Å². The molecule has 0 spiro atoms. The third-order valence-corrected chi connectivity index (χ3v) is 7.49. The lowest BCUT2D eigenvalue weighted by Gasteiger charge is -2.39. The molecule has 3 aromatic rings. The maximum atomic E-state index is 13.5. The fourth-order valence-electron chi connectivity index (χ4n) is 5.47. The Hall–Kier alpha value is -3.75. The third-order valence-electron chi connectivity index (χ3n) is 7.49. The first kappa shape index (κ1) is 27.8. The van der Waals surface area contributed by atoms with Gasteiger partial charge in [-0.1, -0.05) is 12.0 Å². The van der Waals surface area contributed by atoms with Gasteiger partial charge in [0.2, 0.25) is 0 Å². The Morgan fingerprint density at radius 1 is 1.12 bits per heavy atom. The lowest BCUT2D eigenvalue weighted by atomic mass is 9.99. The molecule has 2 aromatic heterocycles. The van der Waals surface area contributed by atoms with Crippen LogP contribution in [0.25, 0.3) is 10.9 Å². The van der Waals surface area contributed by atoms with Crippen molar-refractivity contribution in [3.63, 3.8) is 0 Å². The molecule has 5 rings (SSSR count). The second-order valence-corrected chi connectivity index (χ2v) is 10.2. The maximum absolute atomic E-state index is 13.5. The normalized spacial score (nSPS) is 17.4. The molecule has 2 aliphatic rings. The molecule has 1 amide bonds. The first-order valence-electron chi connectivity index (χ1n) is 13.5. The van der Waals surface area contributed by atoms with E-state index < -0.39 is 18.6 Å². The highest BCUT2D eigenvalue weighted by Crippen LogP contribution is 2.31. The van der Waals surface area contributed by atoms with Crippen molar-refractivity contribution in [1.82, 2.24) is 14.5 Å². The van der Waals surface area contributed by atoms with Crippen molar-refractivity contribution in [1.29, 1.82) is 0 Å². The summed E-state index contributed by atoms with van der Waals surface area (Å²) in [5, 5.41) is 7.36. The molecule has 4 N–H and O–H groups in total. The lowest BCUT2D eigenvalue weighted by Crippen LogP contribution is -2.46. The van der Waals surface area contributed by atoms with Gasteiger partial charge in [0.25, 0.3) is 5.91 Å². The Kier molecular flexibility index (Phi) is 8.47. The largest absolute Gasteiger partial charge is 0.406 e. The van der Waals surface area contributed by atoms with E-state index in [0.717, 1.165) is 63.1 Å². The average Bonchev–Trinajstić information content (AvgIpc) is 3.29. The van der Waals surface area contributed by atoms with E-state index in [9.17, 15) is 18.0 Å². The minimum absolute atomic E-state index is 0.141. The molecule has 4 heterocycles. The molecule has 0 aliphatic carbocycles.